The zero-order valence-corrected chi connectivity index (χ0v) is 15.9. The van der Waals surface area contributed by atoms with E-state index in [1.54, 1.807) is 0 Å². The van der Waals surface area contributed by atoms with Crippen molar-refractivity contribution < 1.29 is 9.53 Å². The van der Waals surface area contributed by atoms with E-state index in [1.807, 2.05) is 0 Å². The highest BCUT2D eigenvalue weighted by atomic mass is 16.5. The zero-order valence-electron chi connectivity index (χ0n) is 15.9. The molecule has 1 saturated carbocycles. The van der Waals surface area contributed by atoms with Crippen LogP contribution in [0.1, 0.15) is 70.6 Å². The van der Waals surface area contributed by atoms with Crippen LogP contribution < -0.4 is 0 Å². The minimum absolute atomic E-state index is 0.0525. The number of nitrogens with zero attached hydrogens (tertiary/aromatic N) is 2. The molecule has 0 N–H and O–H groups in total. The Hall–Kier alpha value is -0.610. The number of piperidine rings is 1. The number of hydrogen-bond acceptors (Lipinski definition) is 3. The fourth-order valence-corrected chi connectivity index (χ4v) is 5.82. The second-order valence-electron chi connectivity index (χ2n) is 9.03. The number of hydrogen-bond donors (Lipinski definition) is 0. The molecule has 3 heterocycles. The van der Waals surface area contributed by atoms with E-state index in [-0.39, 0.29) is 5.41 Å². The van der Waals surface area contributed by atoms with E-state index in [9.17, 15) is 4.79 Å². The van der Waals surface area contributed by atoms with Gasteiger partial charge < -0.3 is 9.64 Å². The fourth-order valence-electron chi connectivity index (χ4n) is 5.82. The molecule has 4 nitrogen and oxygen atoms in total. The maximum atomic E-state index is 13.3. The lowest BCUT2D eigenvalue weighted by Gasteiger charge is -2.41. The number of likely N-dealkylation sites (tertiary alicyclic amines) is 2. The van der Waals surface area contributed by atoms with Crippen LogP contribution in [-0.2, 0) is 9.53 Å². The molecule has 0 radical (unpaired) electrons. The van der Waals surface area contributed by atoms with Crippen molar-refractivity contribution in [2.24, 2.45) is 11.3 Å². The fraction of sp³-hybridized carbons (Fsp3) is 0.952. The van der Waals surface area contributed by atoms with Crippen molar-refractivity contribution in [3.63, 3.8) is 0 Å². The third kappa shape index (κ3) is 3.90. The summed E-state index contributed by atoms with van der Waals surface area (Å²) in [6.07, 6.45) is 14.0. The maximum absolute atomic E-state index is 13.3. The molecule has 0 bridgehead atoms. The summed E-state index contributed by atoms with van der Waals surface area (Å²) in [7, 11) is 0. The molecule has 3 saturated heterocycles. The van der Waals surface area contributed by atoms with E-state index in [1.165, 1.54) is 44.9 Å². The molecule has 0 aromatic heterocycles. The van der Waals surface area contributed by atoms with E-state index >= 15 is 0 Å². The summed E-state index contributed by atoms with van der Waals surface area (Å²) in [6.45, 7) is 5.95. The molecule has 1 aliphatic carbocycles. The van der Waals surface area contributed by atoms with Crippen LogP contribution in [0.15, 0.2) is 0 Å². The second-order valence-corrected chi connectivity index (χ2v) is 9.03. The van der Waals surface area contributed by atoms with Crippen molar-refractivity contribution in [3.05, 3.63) is 0 Å². The number of rotatable bonds is 4. The Kier molecular flexibility index (Phi) is 5.66. The Balaban J connectivity index is 1.33. The van der Waals surface area contributed by atoms with Gasteiger partial charge in [-0.25, -0.2) is 0 Å². The van der Waals surface area contributed by atoms with Crippen molar-refractivity contribution >= 4 is 5.91 Å². The van der Waals surface area contributed by atoms with Crippen LogP contribution in [0.25, 0.3) is 0 Å². The van der Waals surface area contributed by atoms with Crippen LogP contribution in [-0.4, -0.2) is 61.1 Å². The highest BCUT2D eigenvalue weighted by Gasteiger charge is 2.49. The number of carbonyl (C=O) groups is 1. The summed E-state index contributed by atoms with van der Waals surface area (Å²) in [5.74, 6) is 1.37. The van der Waals surface area contributed by atoms with Gasteiger partial charge in [-0.2, -0.15) is 0 Å². The average Bonchev–Trinajstić information content (AvgIpc) is 3.10. The summed E-state index contributed by atoms with van der Waals surface area (Å²) in [6, 6.07) is 0.651. The van der Waals surface area contributed by atoms with Crippen molar-refractivity contribution in [1.82, 2.24) is 9.80 Å². The van der Waals surface area contributed by atoms with Crippen molar-refractivity contribution in [3.8, 4) is 0 Å². The van der Waals surface area contributed by atoms with Gasteiger partial charge in [0.1, 0.15) is 0 Å². The standard InChI is InChI=1S/C21H36N2O2/c24-20-21(11-14-23(17-21)19-8-15-25-16-9-19)10-4-12-22(20)13-7-18-5-2-1-3-6-18/h18-19H,1-17H2. The van der Waals surface area contributed by atoms with Gasteiger partial charge in [-0.1, -0.05) is 32.1 Å². The Bertz CT molecular complexity index is 457. The Morgan fingerprint density at radius 3 is 2.56 bits per heavy atom. The molecule has 4 rings (SSSR count). The zero-order chi connectivity index (χ0) is 17.1. The van der Waals surface area contributed by atoms with Gasteiger partial charge in [0.05, 0.1) is 5.41 Å². The maximum Gasteiger partial charge on any atom is 0.230 e. The van der Waals surface area contributed by atoms with E-state index < -0.39 is 0 Å². The first-order valence-corrected chi connectivity index (χ1v) is 10.9. The topological polar surface area (TPSA) is 32.8 Å². The Morgan fingerprint density at radius 1 is 0.960 bits per heavy atom. The summed E-state index contributed by atoms with van der Waals surface area (Å²) in [4.78, 5) is 18.2. The molecule has 142 valence electrons. The van der Waals surface area contributed by atoms with Gasteiger partial charge in [0.2, 0.25) is 5.91 Å². The monoisotopic (exact) mass is 348 g/mol. The average molecular weight is 349 g/mol. The molecule has 0 aromatic rings. The van der Waals surface area contributed by atoms with Gasteiger partial charge >= 0.3 is 0 Å². The molecular weight excluding hydrogens is 312 g/mol. The first-order valence-electron chi connectivity index (χ1n) is 10.9. The van der Waals surface area contributed by atoms with Crippen LogP contribution in [0, 0.1) is 11.3 Å². The molecule has 1 unspecified atom stereocenters. The highest BCUT2D eigenvalue weighted by molar-refractivity contribution is 5.84. The summed E-state index contributed by atoms with van der Waals surface area (Å²) < 4.78 is 5.52. The van der Waals surface area contributed by atoms with Gasteiger partial charge in [0.15, 0.2) is 0 Å². The first-order chi connectivity index (χ1) is 12.3. The number of amides is 1. The summed E-state index contributed by atoms with van der Waals surface area (Å²) in [5.41, 5.74) is -0.0525. The molecule has 1 amide bonds. The molecule has 3 aliphatic heterocycles. The van der Waals surface area contributed by atoms with Gasteiger partial charge in [-0.3, -0.25) is 9.69 Å². The van der Waals surface area contributed by atoms with Gasteiger partial charge in [-0.05, 0) is 51.0 Å². The third-order valence-corrected chi connectivity index (χ3v) is 7.45. The van der Waals surface area contributed by atoms with Crippen molar-refractivity contribution in [1.29, 1.82) is 0 Å². The van der Waals surface area contributed by atoms with Gasteiger partial charge in [0.25, 0.3) is 0 Å². The normalized spacial score (nSPS) is 33.4. The minimum atomic E-state index is -0.0525. The van der Waals surface area contributed by atoms with Crippen LogP contribution in [0.3, 0.4) is 0 Å². The molecule has 25 heavy (non-hydrogen) atoms. The lowest BCUT2D eigenvalue weighted by Crippen LogP contribution is -2.51. The van der Waals surface area contributed by atoms with E-state index in [0.717, 1.165) is 71.0 Å². The molecule has 4 aliphatic rings. The molecule has 1 atom stereocenters. The first kappa shape index (κ1) is 17.8. The Labute approximate surface area is 153 Å². The third-order valence-electron chi connectivity index (χ3n) is 7.45. The van der Waals surface area contributed by atoms with E-state index in [2.05, 4.69) is 9.80 Å². The summed E-state index contributed by atoms with van der Waals surface area (Å²) in [5, 5.41) is 0. The number of ether oxygens (including phenoxy) is 1. The predicted octanol–water partition coefficient (Wildman–Crippen LogP) is 3.45. The number of carbonyl (C=O) groups excluding carboxylic acids is 1. The van der Waals surface area contributed by atoms with E-state index in [0.29, 0.717) is 11.9 Å². The van der Waals surface area contributed by atoms with Crippen LogP contribution >= 0.6 is 0 Å². The molecule has 1 spiro atoms. The van der Waals surface area contributed by atoms with E-state index in [4.69, 9.17) is 4.74 Å². The second kappa shape index (κ2) is 7.96. The van der Waals surface area contributed by atoms with Gasteiger partial charge in [0, 0.05) is 38.9 Å². The lowest BCUT2D eigenvalue weighted by atomic mass is 9.78. The largest absolute Gasteiger partial charge is 0.381 e. The summed E-state index contributed by atoms with van der Waals surface area (Å²) >= 11 is 0. The lowest BCUT2D eigenvalue weighted by molar-refractivity contribution is -0.146. The van der Waals surface area contributed by atoms with Gasteiger partial charge in [-0.15, -0.1) is 0 Å². The van der Waals surface area contributed by atoms with Crippen molar-refractivity contribution in [2.75, 3.05) is 39.4 Å². The molecular formula is C21H36N2O2. The molecule has 0 aromatic carbocycles. The van der Waals surface area contributed by atoms with Crippen molar-refractivity contribution in [2.45, 2.75) is 76.7 Å². The highest BCUT2D eigenvalue weighted by Crippen LogP contribution is 2.42. The SMILES string of the molecule is O=C1N(CCC2CCCCC2)CCCC12CCN(C1CCOCC1)C2. The van der Waals surface area contributed by atoms with Crippen LogP contribution in [0.5, 0.6) is 0 Å². The van der Waals surface area contributed by atoms with Crippen LogP contribution in [0.2, 0.25) is 0 Å². The smallest absolute Gasteiger partial charge is 0.230 e. The molecule has 4 heteroatoms. The minimum Gasteiger partial charge on any atom is -0.381 e. The quantitative estimate of drug-likeness (QED) is 0.780. The van der Waals surface area contributed by atoms with Crippen LogP contribution in [0.4, 0.5) is 0 Å². The predicted molar refractivity (Wildman–Crippen MR) is 99.5 cm³/mol. The Morgan fingerprint density at radius 2 is 1.76 bits per heavy atom. The molecule has 4 fully saturated rings.